The molecule has 1 aromatic carbocycles. The summed E-state index contributed by atoms with van der Waals surface area (Å²) in [7, 11) is 0. The normalized spacial score (nSPS) is 13.9. The smallest absolute Gasteiger partial charge is 0.338 e. The first-order chi connectivity index (χ1) is 10.2. The molecule has 0 aliphatic carbocycles. The predicted molar refractivity (Wildman–Crippen MR) is 82.0 cm³/mol. The number of carboxylic acid groups (broad SMARTS) is 1. The number of benzene rings is 1. The molecule has 0 radical (unpaired) electrons. The van der Waals surface area contributed by atoms with E-state index in [9.17, 15) is 9.90 Å². The van der Waals surface area contributed by atoms with Gasteiger partial charge in [0.25, 0.3) is 0 Å². The lowest BCUT2D eigenvalue weighted by Crippen LogP contribution is -2.31. The molecule has 108 valence electrons. The van der Waals surface area contributed by atoms with Crippen molar-refractivity contribution in [2.75, 3.05) is 17.7 Å². The molecule has 6 heteroatoms. The Morgan fingerprint density at radius 2 is 2.05 bits per heavy atom. The number of aromatic carboxylic acids is 1. The lowest BCUT2D eigenvalue weighted by atomic mass is 10.00. The van der Waals surface area contributed by atoms with E-state index in [1.807, 2.05) is 12.1 Å². The van der Waals surface area contributed by atoms with Crippen LogP contribution in [0.5, 0.6) is 0 Å². The Morgan fingerprint density at radius 1 is 1.29 bits per heavy atom. The number of hydrogen-bond acceptors (Lipinski definition) is 5. The third-order valence-corrected chi connectivity index (χ3v) is 4.31. The number of carboxylic acids is 1. The molecule has 21 heavy (non-hydrogen) atoms. The van der Waals surface area contributed by atoms with Gasteiger partial charge in [-0.15, -0.1) is 22.0 Å². The van der Waals surface area contributed by atoms with E-state index in [1.165, 1.54) is 22.9 Å². The van der Waals surface area contributed by atoms with Crippen LogP contribution in [-0.2, 0) is 13.0 Å². The number of rotatable bonds is 3. The van der Waals surface area contributed by atoms with E-state index >= 15 is 0 Å². The van der Waals surface area contributed by atoms with Gasteiger partial charge in [-0.3, -0.25) is 0 Å². The van der Waals surface area contributed by atoms with Crippen LogP contribution in [0, 0.1) is 0 Å². The van der Waals surface area contributed by atoms with Gasteiger partial charge in [0.15, 0.2) is 5.82 Å². The van der Waals surface area contributed by atoms with Crippen LogP contribution in [0.1, 0.15) is 21.5 Å². The minimum atomic E-state index is -0.965. The van der Waals surface area contributed by atoms with Crippen LogP contribution in [0.3, 0.4) is 0 Å². The van der Waals surface area contributed by atoms with E-state index in [1.54, 1.807) is 12.3 Å². The monoisotopic (exact) mass is 301 g/mol. The number of anilines is 1. The minimum absolute atomic E-state index is 0.214. The molecule has 1 aliphatic heterocycles. The Bertz CT molecular complexity index is 690. The van der Waals surface area contributed by atoms with E-state index in [0.717, 1.165) is 19.5 Å². The quantitative estimate of drug-likeness (QED) is 0.879. The van der Waals surface area contributed by atoms with Crippen LogP contribution in [-0.4, -0.2) is 34.1 Å². The van der Waals surface area contributed by atoms with E-state index in [0.29, 0.717) is 10.8 Å². The highest BCUT2D eigenvalue weighted by atomic mass is 32.2. The summed E-state index contributed by atoms with van der Waals surface area (Å²) in [6.45, 7) is 1.56. The molecule has 1 aromatic heterocycles. The summed E-state index contributed by atoms with van der Waals surface area (Å²) < 4.78 is 0. The number of nitrogens with zero attached hydrogens (tertiary/aromatic N) is 3. The molecular weight excluding hydrogens is 286 g/mol. The van der Waals surface area contributed by atoms with Gasteiger partial charge in [-0.2, -0.15) is 0 Å². The van der Waals surface area contributed by atoms with Gasteiger partial charge in [-0.25, -0.2) is 4.79 Å². The van der Waals surface area contributed by atoms with Crippen molar-refractivity contribution in [3.63, 3.8) is 0 Å². The molecule has 1 N–H and O–H groups in total. The molecule has 2 aromatic rings. The number of hydrogen-bond donors (Lipinski definition) is 1. The van der Waals surface area contributed by atoms with Gasteiger partial charge in [0.05, 0.1) is 5.56 Å². The molecule has 0 amide bonds. The zero-order valence-corrected chi connectivity index (χ0v) is 12.4. The fraction of sp³-hybridized carbons (Fsp3) is 0.267. The highest BCUT2D eigenvalue weighted by molar-refractivity contribution is 7.98. The van der Waals surface area contributed by atoms with Gasteiger partial charge in [-0.05, 0) is 29.9 Å². The number of carbonyl (C=O) groups is 1. The third-order valence-electron chi connectivity index (χ3n) is 3.63. The SMILES string of the molecule is CSc1nnc(N2CCc3ccccc3C2)cc1C(=O)O. The maximum absolute atomic E-state index is 11.3. The fourth-order valence-electron chi connectivity index (χ4n) is 2.52. The number of aromatic nitrogens is 2. The van der Waals surface area contributed by atoms with E-state index < -0.39 is 5.97 Å². The Labute approximate surface area is 127 Å². The minimum Gasteiger partial charge on any atom is -0.478 e. The molecule has 0 atom stereocenters. The Morgan fingerprint density at radius 3 is 2.76 bits per heavy atom. The highest BCUT2D eigenvalue weighted by Crippen LogP contribution is 2.25. The fourth-order valence-corrected chi connectivity index (χ4v) is 3.01. The second-order valence-corrected chi connectivity index (χ2v) is 5.67. The van der Waals surface area contributed by atoms with Crippen molar-refractivity contribution in [1.29, 1.82) is 0 Å². The van der Waals surface area contributed by atoms with Crippen LogP contribution in [0.15, 0.2) is 35.4 Å². The molecule has 0 spiro atoms. The molecular formula is C15H15N3O2S. The average Bonchev–Trinajstić information content (AvgIpc) is 2.53. The van der Waals surface area contributed by atoms with E-state index in [-0.39, 0.29) is 5.56 Å². The van der Waals surface area contributed by atoms with Gasteiger partial charge < -0.3 is 10.0 Å². The van der Waals surface area contributed by atoms with Gasteiger partial charge in [-0.1, -0.05) is 24.3 Å². The van der Waals surface area contributed by atoms with Crippen LogP contribution >= 0.6 is 11.8 Å². The number of thioether (sulfide) groups is 1. The van der Waals surface area contributed by atoms with Crippen molar-refractivity contribution >= 4 is 23.5 Å². The molecule has 2 heterocycles. The summed E-state index contributed by atoms with van der Waals surface area (Å²) in [5.41, 5.74) is 2.82. The number of fused-ring (bicyclic) bond motifs is 1. The summed E-state index contributed by atoms with van der Waals surface area (Å²) in [5.74, 6) is -0.340. The van der Waals surface area contributed by atoms with Gasteiger partial charge >= 0.3 is 5.97 Å². The molecule has 0 bridgehead atoms. The van der Waals surface area contributed by atoms with Crippen molar-refractivity contribution in [1.82, 2.24) is 10.2 Å². The summed E-state index contributed by atoms with van der Waals surface area (Å²) >= 11 is 1.29. The second-order valence-electron chi connectivity index (χ2n) is 4.87. The lowest BCUT2D eigenvalue weighted by molar-refractivity contribution is 0.0692. The van der Waals surface area contributed by atoms with Gasteiger partial charge in [0, 0.05) is 13.1 Å². The third kappa shape index (κ3) is 2.71. The zero-order chi connectivity index (χ0) is 14.8. The first kappa shape index (κ1) is 13.9. The predicted octanol–water partition coefficient (Wildman–Crippen LogP) is 2.46. The Kier molecular flexibility index (Phi) is 3.79. The van der Waals surface area contributed by atoms with Crippen molar-refractivity contribution in [3.05, 3.63) is 47.0 Å². The van der Waals surface area contributed by atoms with Gasteiger partial charge in [0.2, 0.25) is 0 Å². The van der Waals surface area contributed by atoms with Crippen molar-refractivity contribution in [3.8, 4) is 0 Å². The van der Waals surface area contributed by atoms with Gasteiger partial charge in [0.1, 0.15) is 5.03 Å². The molecule has 1 aliphatic rings. The summed E-state index contributed by atoms with van der Waals surface area (Å²) in [6, 6.07) is 9.92. The van der Waals surface area contributed by atoms with Crippen molar-refractivity contribution in [2.24, 2.45) is 0 Å². The average molecular weight is 301 g/mol. The van der Waals surface area contributed by atoms with Crippen LogP contribution < -0.4 is 4.90 Å². The molecule has 0 saturated heterocycles. The first-order valence-corrected chi connectivity index (χ1v) is 7.88. The molecule has 5 nitrogen and oxygen atoms in total. The lowest BCUT2D eigenvalue weighted by Gasteiger charge is -2.29. The van der Waals surface area contributed by atoms with Crippen LogP contribution in [0.4, 0.5) is 5.82 Å². The van der Waals surface area contributed by atoms with E-state index in [2.05, 4.69) is 27.2 Å². The summed E-state index contributed by atoms with van der Waals surface area (Å²) in [4.78, 5) is 13.4. The maximum atomic E-state index is 11.3. The summed E-state index contributed by atoms with van der Waals surface area (Å²) in [6.07, 6.45) is 2.73. The second kappa shape index (κ2) is 5.73. The van der Waals surface area contributed by atoms with Crippen LogP contribution in [0.25, 0.3) is 0 Å². The Balaban J connectivity index is 1.92. The molecule has 0 fully saturated rings. The molecule has 0 unspecified atom stereocenters. The highest BCUT2D eigenvalue weighted by Gasteiger charge is 2.20. The standard InChI is InChI=1S/C15H15N3O2S/c1-21-14-12(15(19)20)8-13(16-17-14)18-7-6-10-4-2-3-5-11(10)9-18/h2-5,8H,6-7,9H2,1H3,(H,19,20). The molecule has 3 rings (SSSR count). The largest absolute Gasteiger partial charge is 0.478 e. The topological polar surface area (TPSA) is 66.3 Å². The maximum Gasteiger partial charge on any atom is 0.338 e. The zero-order valence-electron chi connectivity index (χ0n) is 11.6. The first-order valence-electron chi connectivity index (χ1n) is 6.66. The summed E-state index contributed by atoms with van der Waals surface area (Å²) in [5, 5.41) is 17.9. The Hall–Kier alpha value is -2.08. The van der Waals surface area contributed by atoms with Crippen molar-refractivity contribution < 1.29 is 9.90 Å². The van der Waals surface area contributed by atoms with Crippen LogP contribution in [0.2, 0.25) is 0 Å². The van der Waals surface area contributed by atoms with E-state index in [4.69, 9.17) is 0 Å². The van der Waals surface area contributed by atoms with Crippen molar-refractivity contribution in [2.45, 2.75) is 18.0 Å². The molecule has 0 saturated carbocycles.